The lowest BCUT2D eigenvalue weighted by atomic mass is 9.70. The van der Waals surface area contributed by atoms with E-state index < -0.39 is 5.41 Å². The lowest BCUT2D eigenvalue weighted by Gasteiger charge is -2.36. The van der Waals surface area contributed by atoms with Gasteiger partial charge in [-0.05, 0) is 80.0 Å². The van der Waals surface area contributed by atoms with Crippen LogP contribution in [0.2, 0.25) is 0 Å². The van der Waals surface area contributed by atoms with Crippen molar-refractivity contribution in [3.8, 4) is 0 Å². The maximum absolute atomic E-state index is 15.1. The zero-order chi connectivity index (χ0) is 55.9. The first-order valence-electron chi connectivity index (χ1n) is 33.1. The molecule has 2 aliphatic heterocycles. The molecular weight excluding hydrogens is 953 g/mol. The third kappa shape index (κ3) is 19.6. The first kappa shape index (κ1) is 64.8. The molecule has 0 saturated carbocycles. The molecule has 0 fully saturated rings. The SMILES string of the molecule is CCCCCCCCCCCCCCCCCCNC(=O)C1(C(=O)NCCCCCCCCCCCCCCCCCC)CC(/C=C/C2N(CC)c3ccccc3C2(C)C)=CC(=C/C=C2/N(CC)c3ccccc3C2(C)C)/C1. The normalized spacial score (nSPS) is 18.3. The fourth-order valence-electron chi connectivity index (χ4n) is 13.4. The Hall–Kier alpha value is -4.06. The molecule has 1 aliphatic carbocycles. The minimum Gasteiger partial charge on any atom is -0.364 e. The molecule has 2 amide bonds. The molecule has 6 nitrogen and oxygen atoms in total. The standard InChI is InChI=1S/C72H116N4O2/c1-9-13-15-17-19-21-23-25-27-29-31-33-35-37-39-45-55-73-68(77)72(69(78)74-56-46-40-38-36-34-32-30-28-26-24-22-20-18-16-14-10-2)58-60(51-53-66-70(5,6)62-47-41-43-49-64(62)75(66)11-3)57-61(59-72)52-54-67-71(7,8)63-48-42-44-50-65(63)76(67)12-4/h41-44,47-54,57,66H,9-40,45-46,55-56,58-59H2,1-8H3,(H,73,77)(H,74,78)/b53-51+,61-52-,67-54+. The highest BCUT2D eigenvalue weighted by Crippen LogP contribution is 2.49. The van der Waals surface area contributed by atoms with E-state index in [-0.39, 0.29) is 28.7 Å². The van der Waals surface area contributed by atoms with Gasteiger partial charge in [0.2, 0.25) is 11.8 Å². The van der Waals surface area contributed by atoms with Crippen LogP contribution in [0.3, 0.4) is 0 Å². The van der Waals surface area contributed by atoms with Crippen molar-refractivity contribution in [2.75, 3.05) is 36.0 Å². The van der Waals surface area contributed by atoms with Gasteiger partial charge < -0.3 is 20.4 Å². The largest absolute Gasteiger partial charge is 0.364 e. The van der Waals surface area contributed by atoms with E-state index in [1.807, 2.05) is 0 Å². The van der Waals surface area contributed by atoms with Gasteiger partial charge in [0.15, 0.2) is 0 Å². The summed E-state index contributed by atoms with van der Waals surface area (Å²) in [5.74, 6) is -0.254. The average Bonchev–Trinajstić information content (AvgIpc) is 4.05. The molecule has 2 heterocycles. The highest BCUT2D eigenvalue weighted by Gasteiger charge is 2.49. The van der Waals surface area contributed by atoms with Gasteiger partial charge in [-0.25, -0.2) is 0 Å². The Morgan fingerprint density at radius 1 is 0.500 bits per heavy atom. The van der Waals surface area contributed by atoms with Crippen molar-refractivity contribution in [3.63, 3.8) is 0 Å². The van der Waals surface area contributed by atoms with Crippen molar-refractivity contribution >= 4 is 23.2 Å². The Labute approximate surface area is 480 Å². The minimum absolute atomic E-state index is 0.111. The van der Waals surface area contributed by atoms with E-state index in [9.17, 15) is 0 Å². The second-order valence-corrected chi connectivity index (χ2v) is 25.3. The summed E-state index contributed by atoms with van der Waals surface area (Å²) in [5, 5.41) is 6.78. The Bertz CT molecular complexity index is 2110. The molecular formula is C72H116N4O2. The van der Waals surface area contributed by atoms with Crippen molar-refractivity contribution in [1.29, 1.82) is 0 Å². The summed E-state index contributed by atoms with van der Waals surface area (Å²) in [6, 6.07) is 17.7. The summed E-state index contributed by atoms with van der Waals surface area (Å²) in [7, 11) is 0. The van der Waals surface area contributed by atoms with Gasteiger partial charge in [-0.15, -0.1) is 0 Å². The molecule has 1 unspecified atom stereocenters. The molecule has 0 saturated heterocycles. The summed E-state index contributed by atoms with van der Waals surface area (Å²) in [5.41, 5.74) is 6.97. The van der Waals surface area contributed by atoms with E-state index >= 15 is 9.59 Å². The Kier molecular flexibility index (Phi) is 29.6. The average molecular weight is 1070 g/mol. The van der Waals surface area contributed by atoms with E-state index in [0.717, 1.165) is 49.9 Å². The van der Waals surface area contributed by atoms with Crippen LogP contribution in [-0.4, -0.2) is 44.0 Å². The number of fused-ring (bicyclic) bond motifs is 2. The molecule has 0 radical (unpaired) electrons. The van der Waals surface area contributed by atoms with Crippen LogP contribution in [0, 0.1) is 5.41 Å². The fraction of sp³-hybridized carbons (Fsp3) is 0.694. The Morgan fingerprint density at radius 2 is 0.910 bits per heavy atom. The number of nitrogens with zero attached hydrogens (tertiary/aromatic N) is 2. The third-order valence-electron chi connectivity index (χ3n) is 18.3. The predicted octanol–water partition coefficient (Wildman–Crippen LogP) is 19.8. The molecule has 2 N–H and O–H groups in total. The molecule has 3 aliphatic rings. The highest BCUT2D eigenvalue weighted by molar-refractivity contribution is 6.06. The maximum atomic E-state index is 15.1. The molecule has 0 bridgehead atoms. The van der Waals surface area contributed by atoms with Crippen molar-refractivity contribution in [1.82, 2.24) is 10.6 Å². The number of anilines is 2. The summed E-state index contributed by atoms with van der Waals surface area (Å²) >= 11 is 0. The third-order valence-corrected chi connectivity index (χ3v) is 18.3. The van der Waals surface area contributed by atoms with Crippen LogP contribution >= 0.6 is 0 Å². The number of rotatable bonds is 41. The van der Waals surface area contributed by atoms with E-state index in [1.54, 1.807) is 0 Å². The second-order valence-electron chi connectivity index (χ2n) is 25.3. The summed E-state index contributed by atoms with van der Waals surface area (Å²) in [4.78, 5) is 35.2. The number of unbranched alkanes of at least 4 members (excludes halogenated alkanes) is 30. The quantitative estimate of drug-likeness (QED) is 0.0514. The van der Waals surface area contributed by atoms with Gasteiger partial charge in [0, 0.05) is 54.1 Å². The van der Waals surface area contributed by atoms with Crippen molar-refractivity contribution in [3.05, 3.63) is 107 Å². The lowest BCUT2D eigenvalue weighted by Crippen LogP contribution is -2.53. The number of nitrogens with one attached hydrogen (secondary N) is 2. The lowest BCUT2D eigenvalue weighted by molar-refractivity contribution is -0.143. The summed E-state index contributed by atoms with van der Waals surface area (Å²) < 4.78 is 0. The number of carbonyl (C=O) groups is 2. The number of hydrogen-bond acceptors (Lipinski definition) is 4. The van der Waals surface area contributed by atoms with Gasteiger partial charge in [0.05, 0.1) is 6.04 Å². The molecule has 436 valence electrons. The predicted molar refractivity (Wildman–Crippen MR) is 339 cm³/mol. The fourth-order valence-corrected chi connectivity index (χ4v) is 13.4. The smallest absolute Gasteiger partial charge is 0.236 e. The molecule has 2 aromatic rings. The zero-order valence-corrected chi connectivity index (χ0v) is 51.7. The number of likely N-dealkylation sites (N-methyl/N-ethyl adjacent to an activating group) is 2. The van der Waals surface area contributed by atoms with Crippen LogP contribution in [0.15, 0.2) is 95.8 Å². The number of carbonyl (C=O) groups excluding carboxylic acids is 2. The van der Waals surface area contributed by atoms with Crippen LogP contribution in [0.5, 0.6) is 0 Å². The Balaban J connectivity index is 1.26. The topological polar surface area (TPSA) is 64.7 Å². The van der Waals surface area contributed by atoms with Crippen LogP contribution in [0.1, 0.15) is 285 Å². The molecule has 0 aromatic heterocycles. The van der Waals surface area contributed by atoms with E-state index in [2.05, 4.69) is 155 Å². The second kappa shape index (κ2) is 35.6. The van der Waals surface area contributed by atoms with Crippen LogP contribution < -0.4 is 20.4 Å². The number of benzene rings is 2. The van der Waals surface area contributed by atoms with E-state index in [1.165, 1.54) is 208 Å². The number of allylic oxidation sites excluding steroid dienone is 7. The zero-order valence-electron chi connectivity index (χ0n) is 51.7. The van der Waals surface area contributed by atoms with Gasteiger partial charge >= 0.3 is 0 Å². The summed E-state index contributed by atoms with van der Waals surface area (Å²) in [6.45, 7) is 21.4. The van der Waals surface area contributed by atoms with Crippen LogP contribution in [0.25, 0.3) is 0 Å². The highest BCUT2D eigenvalue weighted by atomic mass is 16.2. The number of amides is 2. The first-order valence-corrected chi connectivity index (χ1v) is 33.1. The maximum Gasteiger partial charge on any atom is 0.236 e. The van der Waals surface area contributed by atoms with Crippen molar-refractivity contribution < 1.29 is 9.59 Å². The number of hydrogen-bond donors (Lipinski definition) is 2. The van der Waals surface area contributed by atoms with E-state index in [4.69, 9.17) is 0 Å². The molecule has 1 atom stereocenters. The van der Waals surface area contributed by atoms with Gasteiger partial charge in [0.25, 0.3) is 0 Å². The van der Waals surface area contributed by atoms with Crippen LogP contribution in [0.4, 0.5) is 11.4 Å². The van der Waals surface area contributed by atoms with E-state index in [0.29, 0.717) is 25.9 Å². The molecule has 78 heavy (non-hydrogen) atoms. The molecule has 0 spiro atoms. The van der Waals surface area contributed by atoms with Crippen LogP contribution in [-0.2, 0) is 20.4 Å². The monoisotopic (exact) mass is 1070 g/mol. The molecule has 6 heteroatoms. The van der Waals surface area contributed by atoms with Gasteiger partial charge in [-0.1, -0.05) is 295 Å². The van der Waals surface area contributed by atoms with Gasteiger partial charge in [0.1, 0.15) is 5.41 Å². The van der Waals surface area contributed by atoms with Gasteiger partial charge in [-0.3, -0.25) is 9.59 Å². The summed E-state index contributed by atoms with van der Waals surface area (Å²) in [6.07, 6.45) is 54.3. The van der Waals surface area contributed by atoms with Crippen molar-refractivity contribution in [2.24, 2.45) is 5.41 Å². The molecule has 2 aromatic carbocycles. The number of para-hydroxylation sites is 2. The van der Waals surface area contributed by atoms with Crippen molar-refractivity contribution in [2.45, 2.75) is 291 Å². The minimum atomic E-state index is -1.26. The van der Waals surface area contributed by atoms with Gasteiger partial charge in [-0.2, -0.15) is 0 Å². The molecule has 5 rings (SSSR count). The first-order chi connectivity index (χ1) is 38.0. The Morgan fingerprint density at radius 3 is 1.35 bits per heavy atom.